The van der Waals surface area contributed by atoms with Crippen LogP contribution in [0.2, 0.25) is 0 Å². The lowest BCUT2D eigenvalue weighted by molar-refractivity contribution is -0.141. The Morgan fingerprint density at radius 2 is 1.85 bits per heavy atom. The molecule has 1 aliphatic rings. The van der Waals surface area contributed by atoms with Crippen LogP contribution < -0.4 is 10.0 Å². The van der Waals surface area contributed by atoms with Crippen LogP contribution in [0.3, 0.4) is 0 Å². The van der Waals surface area contributed by atoms with E-state index in [9.17, 15) is 22.4 Å². The van der Waals surface area contributed by atoms with Gasteiger partial charge in [0.2, 0.25) is 21.8 Å². The number of hydrogen-bond donors (Lipinski definition) is 2. The van der Waals surface area contributed by atoms with Gasteiger partial charge < -0.3 is 14.6 Å². The van der Waals surface area contributed by atoms with E-state index < -0.39 is 34.3 Å². The number of halogens is 1. The van der Waals surface area contributed by atoms with Crippen LogP contribution in [-0.2, 0) is 26.2 Å². The number of amides is 2. The molecule has 1 saturated carbocycles. The maximum atomic E-state index is 13.2. The van der Waals surface area contributed by atoms with E-state index in [1.165, 1.54) is 11.2 Å². The normalized spacial score (nSPS) is 15.6. The van der Waals surface area contributed by atoms with Crippen LogP contribution >= 0.6 is 0 Å². The maximum absolute atomic E-state index is 13.2. The molecule has 1 fully saturated rings. The van der Waals surface area contributed by atoms with Crippen molar-refractivity contribution in [2.75, 3.05) is 6.54 Å². The summed E-state index contributed by atoms with van der Waals surface area (Å²) in [6.45, 7) is 1.41. The lowest BCUT2D eigenvalue weighted by Gasteiger charge is -2.32. The van der Waals surface area contributed by atoms with Gasteiger partial charge in [0, 0.05) is 6.04 Å². The second kappa shape index (κ2) is 12.1. The van der Waals surface area contributed by atoms with Crippen LogP contribution in [0.1, 0.15) is 57.6 Å². The van der Waals surface area contributed by atoms with E-state index in [-0.39, 0.29) is 23.4 Å². The van der Waals surface area contributed by atoms with Gasteiger partial charge in [-0.2, -0.15) is 0 Å². The SMILES string of the molecule is CCC[C@@H](C(=O)NC1CCCCC1)N(Cc1ccco1)C(=O)CNS(=O)(=O)c1ccc(F)cc1. The quantitative estimate of drug-likeness (QED) is 0.499. The van der Waals surface area contributed by atoms with Gasteiger partial charge in [-0.25, -0.2) is 17.5 Å². The summed E-state index contributed by atoms with van der Waals surface area (Å²) in [5, 5.41) is 3.08. The highest BCUT2D eigenvalue weighted by Crippen LogP contribution is 2.20. The van der Waals surface area contributed by atoms with E-state index >= 15 is 0 Å². The van der Waals surface area contributed by atoms with E-state index in [2.05, 4.69) is 10.0 Å². The smallest absolute Gasteiger partial charge is 0.243 e. The Kier molecular flexibility index (Phi) is 9.23. The summed E-state index contributed by atoms with van der Waals surface area (Å²) >= 11 is 0. The fourth-order valence-corrected chi connectivity index (χ4v) is 5.12. The fraction of sp³-hybridized carbons (Fsp3) is 0.500. The van der Waals surface area contributed by atoms with Crippen molar-refractivity contribution in [3.63, 3.8) is 0 Å². The van der Waals surface area contributed by atoms with Crippen molar-refractivity contribution in [1.82, 2.24) is 14.9 Å². The van der Waals surface area contributed by atoms with Crippen LogP contribution in [0.15, 0.2) is 52.0 Å². The van der Waals surface area contributed by atoms with Crippen LogP contribution in [0.4, 0.5) is 4.39 Å². The minimum Gasteiger partial charge on any atom is -0.467 e. The first-order valence-electron chi connectivity index (χ1n) is 11.7. The summed E-state index contributed by atoms with van der Waals surface area (Å²) in [4.78, 5) is 27.7. The molecule has 1 aliphatic carbocycles. The molecule has 0 aliphatic heterocycles. The van der Waals surface area contributed by atoms with Gasteiger partial charge in [-0.1, -0.05) is 32.6 Å². The number of carbonyl (C=O) groups is 2. The van der Waals surface area contributed by atoms with Gasteiger partial charge in [-0.3, -0.25) is 9.59 Å². The first-order valence-corrected chi connectivity index (χ1v) is 13.2. The Bertz CT molecular complexity index is 1040. The molecule has 0 unspecified atom stereocenters. The minimum atomic E-state index is -4.04. The fourth-order valence-electron chi connectivity index (χ4n) is 4.14. The first-order chi connectivity index (χ1) is 16.3. The standard InChI is InChI=1S/C24H32FN3O5S/c1-2-7-22(24(30)27-19-8-4-3-5-9-19)28(17-20-10-6-15-33-20)23(29)16-26-34(31,32)21-13-11-18(25)12-14-21/h6,10-15,19,22,26H,2-5,7-9,16-17H2,1H3,(H,27,30)/t22-/m0/s1. The van der Waals surface area contributed by atoms with Gasteiger partial charge in [-0.15, -0.1) is 0 Å². The van der Waals surface area contributed by atoms with Crippen LogP contribution in [0, 0.1) is 5.82 Å². The van der Waals surface area contributed by atoms with E-state index in [1.54, 1.807) is 12.1 Å². The summed E-state index contributed by atoms with van der Waals surface area (Å²) in [5.74, 6) is -0.873. The van der Waals surface area contributed by atoms with Crippen molar-refractivity contribution in [1.29, 1.82) is 0 Å². The van der Waals surface area contributed by atoms with E-state index in [0.29, 0.717) is 18.6 Å². The highest BCUT2D eigenvalue weighted by Gasteiger charge is 2.32. The molecule has 34 heavy (non-hydrogen) atoms. The van der Waals surface area contributed by atoms with Crippen LogP contribution in [-0.4, -0.2) is 43.8 Å². The number of rotatable bonds is 11. The molecule has 8 nitrogen and oxygen atoms in total. The Labute approximate surface area is 199 Å². The third kappa shape index (κ3) is 7.14. The van der Waals surface area contributed by atoms with Gasteiger partial charge in [0.1, 0.15) is 17.6 Å². The molecule has 1 aromatic carbocycles. The molecular weight excluding hydrogens is 461 g/mol. The van der Waals surface area contributed by atoms with E-state index in [0.717, 1.165) is 56.4 Å². The largest absolute Gasteiger partial charge is 0.467 e. The van der Waals surface area contributed by atoms with Crippen LogP contribution in [0.5, 0.6) is 0 Å². The van der Waals surface area contributed by atoms with Crippen molar-refractivity contribution in [2.24, 2.45) is 0 Å². The van der Waals surface area contributed by atoms with E-state index in [1.807, 2.05) is 6.92 Å². The zero-order chi connectivity index (χ0) is 24.6. The number of nitrogens with zero attached hydrogens (tertiary/aromatic N) is 1. The molecular formula is C24H32FN3O5S. The van der Waals surface area contributed by atoms with Crippen molar-refractivity contribution in [3.05, 3.63) is 54.2 Å². The molecule has 2 amide bonds. The van der Waals surface area contributed by atoms with Gasteiger partial charge in [0.15, 0.2) is 0 Å². The molecule has 186 valence electrons. The number of furan rings is 1. The van der Waals surface area contributed by atoms with Crippen molar-refractivity contribution in [2.45, 2.75) is 75.4 Å². The average molecular weight is 494 g/mol. The first kappa shape index (κ1) is 25.9. The molecule has 0 saturated heterocycles. The van der Waals surface area contributed by atoms with Gasteiger partial charge in [0.25, 0.3) is 0 Å². The zero-order valence-corrected chi connectivity index (χ0v) is 20.2. The van der Waals surface area contributed by atoms with Gasteiger partial charge >= 0.3 is 0 Å². The minimum absolute atomic E-state index is 0.0346. The third-order valence-corrected chi connectivity index (χ3v) is 7.37. The Hall–Kier alpha value is -2.72. The predicted molar refractivity (Wildman–Crippen MR) is 125 cm³/mol. The predicted octanol–water partition coefficient (Wildman–Crippen LogP) is 3.34. The van der Waals surface area contributed by atoms with Crippen LogP contribution in [0.25, 0.3) is 0 Å². The third-order valence-electron chi connectivity index (χ3n) is 5.96. The Morgan fingerprint density at radius 3 is 2.47 bits per heavy atom. The van der Waals surface area contributed by atoms with Gasteiger partial charge in [-0.05, 0) is 55.7 Å². The summed E-state index contributed by atoms with van der Waals surface area (Å²) < 4.78 is 46.0. The van der Waals surface area contributed by atoms with Gasteiger partial charge in [0.05, 0.1) is 24.2 Å². The molecule has 10 heteroatoms. The van der Waals surface area contributed by atoms with E-state index in [4.69, 9.17) is 4.42 Å². The second-order valence-electron chi connectivity index (χ2n) is 8.53. The summed E-state index contributed by atoms with van der Waals surface area (Å²) in [7, 11) is -4.04. The Balaban J connectivity index is 1.76. The lowest BCUT2D eigenvalue weighted by atomic mass is 9.95. The summed E-state index contributed by atoms with van der Waals surface area (Å²) in [6.07, 6.45) is 7.66. The average Bonchev–Trinajstić information content (AvgIpc) is 3.34. The number of benzene rings is 1. The molecule has 0 bridgehead atoms. The number of hydrogen-bond acceptors (Lipinski definition) is 5. The molecule has 1 atom stereocenters. The molecule has 3 rings (SSSR count). The maximum Gasteiger partial charge on any atom is 0.243 e. The highest BCUT2D eigenvalue weighted by molar-refractivity contribution is 7.89. The number of nitrogens with one attached hydrogen (secondary N) is 2. The highest BCUT2D eigenvalue weighted by atomic mass is 32.2. The lowest BCUT2D eigenvalue weighted by Crippen LogP contribution is -2.53. The molecule has 2 aromatic rings. The molecule has 0 spiro atoms. The summed E-state index contributed by atoms with van der Waals surface area (Å²) in [5.41, 5.74) is 0. The topological polar surface area (TPSA) is 109 Å². The monoisotopic (exact) mass is 493 g/mol. The van der Waals surface area contributed by atoms with Crippen molar-refractivity contribution >= 4 is 21.8 Å². The number of sulfonamides is 1. The zero-order valence-electron chi connectivity index (χ0n) is 19.3. The second-order valence-corrected chi connectivity index (χ2v) is 10.3. The molecule has 2 N–H and O–H groups in total. The van der Waals surface area contributed by atoms with Crippen molar-refractivity contribution < 1.29 is 26.8 Å². The molecule has 1 heterocycles. The number of carbonyl (C=O) groups excluding carboxylic acids is 2. The van der Waals surface area contributed by atoms with Crippen molar-refractivity contribution in [3.8, 4) is 0 Å². The molecule has 0 radical (unpaired) electrons. The summed E-state index contributed by atoms with van der Waals surface area (Å²) in [6, 6.07) is 7.02. The molecule has 1 aromatic heterocycles. The Morgan fingerprint density at radius 1 is 1.15 bits per heavy atom.